The van der Waals surface area contributed by atoms with Crippen LogP contribution in [0.25, 0.3) is 5.69 Å². The van der Waals surface area contributed by atoms with Gasteiger partial charge in [-0.15, -0.1) is 0 Å². The van der Waals surface area contributed by atoms with Gasteiger partial charge in [0.2, 0.25) is 0 Å². The fourth-order valence-electron chi connectivity index (χ4n) is 3.35. The summed E-state index contributed by atoms with van der Waals surface area (Å²) >= 11 is 0. The first-order valence-electron chi connectivity index (χ1n) is 10.0. The zero-order valence-electron chi connectivity index (χ0n) is 17.4. The van der Waals surface area contributed by atoms with Crippen molar-refractivity contribution >= 4 is 12.1 Å². The normalized spacial score (nSPS) is 10.9. The number of amides is 1. The molecule has 3 aromatic carbocycles. The number of para-hydroxylation sites is 1. The van der Waals surface area contributed by atoms with Gasteiger partial charge in [-0.2, -0.15) is 5.10 Å². The highest BCUT2D eigenvalue weighted by Crippen LogP contribution is 2.21. The number of ether oxygens (including phenoxy) is 1. The zero-order chi connectivity index (χ0) is 21.6. The number of benzene rings is 3. The van der Waals surface area contributed by atoms with Crippen molar-refractivity contribution in [2.24, 2.45) is 5.10 Å². The van der Waals surface area contributed by atoms with Crippen LogP contribution in [-0.2, 0) is 0 Å². The first-order chi connectivity index (χ1) is 15.1. The molecule has 0 bridgehead atoms. The van der Waals surface area contributed by atoms with Crippen molar-refractivity contribution in [1.29, 1.82) is 0 Å². The average molecular weight is 409 g/mol. The van der Waals surface area contributed by atoms with Gasteiger partial charge in [-0.25, -0.2) is 5.43 Å². The van der Waals surface area contributed by atoms with Gasteiger partial charge in [0, 0.05) is 22.6 Å². The summed E-state index contributed by atoms with van der Waals surface area (Å²) in [6, 6.07) is 28.7. The Bertz CT molecular complexity index is 1190. The molecule has 0 fully saturated rings. The highest BCUT2D eigenvalue weighted by Gasteiger charge is 2.07. The summed E-state index contributed by atoms with van der Waals surface area (Å²) in [6.45, 7) is 4.12. The fraction of sp³-hybridized carbons (Fsp3) is 0.0769. The number of aromatic nitrogens is 1. The van der Waals surface area contributed by atoms with Gasteiger partial charge in [-0.05, 0) is 80.1 Å². The lowest BCUT2D eigenvalue weighted by atomic mass is 10.2. The summed E-state index contributed by atoms with van der Waals surface area (Å²) in [6.07, 6.45) is 1.59. The first-order valence-corrected chi connectivity index (χ1v) is 10.0. The molecule has 0 radical (unpaired) electrons. The number of carbonyl (C=O) groups excluding carboxylic acids is 1. The van der Waals surface area contributed by atoms with Crippen molar-refractivity contribution in [2.75, 3.05) is 0 Å². The lowest BCUT2D eigenvalue weighted by Crippen LogP contribution is -2.17. The van der Waals surface area contributed by atoms with E-state index in [0.29, 0.717) is 11.3 Å². The van der Waals surface area contributed by atoms with Crippen LogP contribution in [0, 0.1) is 13.8 Å². The zero-order valence-corrected chi connectivity index (χ0v) is 17.4. The maximum absolute atomic E-state index is 12.4. The molecule has 0 saturated carbocycles. The van der Waals surface area contributed by atoms with Gasteiger partial charge in [0.25, 0.3) is 5.91 Å². The number of nitrogens with zero attached hydrogens (tertiary/aromatic N) is 2. The topological polar surface area (TPSA) is 55.6 Å². The third-order valence-electron chi connectivity index (χ3n) is 4.88. The highest BCUT2D eigenvalue weighted by molar-refractivity contribution is 5.95. The molecule has 5 nitrogen and oxygen atoms in total. The van der Waals surface area contributed by atoms with Crippen LogP contribution in [0.5, 0.6) is 11.5 Å². The predicted molar refractivity (Wildman–Crippen MR) is 123 cm³/mol. The molecule has 1 aromatic heterocycles. The van der Waals surface area contributed by atoms with E-state index >= 15 is 0 Å². The number of hydrogen-bond donors (Lipinski definition) is 1. The molecule has 0 unspecified atom stereocenters. The molecule has 0 spiro atoms. The van der Waals surface area contributed by atoms with Gasteiger partial charge in [0.05, 0.1) is 6.21 Å². The van der Waals surface area contributed by atoms with Crippen molar-refractivity contribution in [1.82, 2.24) is 9.99 Å². The molecule has 1 heterocycles. The van der Waals surface area contributed by atoms with Crippen LogP contribution in [-0.4, -0.2) is 16.7 Å². The fourth-order valence-corrected chi connectivity index (χ4v) is 3.35. The minimum atomic E-state index is -0.263. The largest absolute Gasteiger partial charge is 0.457 e. The first kappa shape index (κ1) is 20.2. The van der Waals surface area contributed by atoms with E-state index in [1.54, 1.807) is 18.3 Å². The molecule has 154 valence electrons. The van der Waals surface area contributed by atoms with E-state index in [1.807, 2.05) is 66.7 Å². The van der Waals surface area contributed by atoms with E-state index in [9.17, 15) is 4.79 Å². The van der Waals surface area contributed by atoms with Gasteiger partial charge >= 0.3 is 0 Å². The summed E-state index contributed by atoms with van der Waals surface area (Å²) in [7, 11) is 0. The van der Waals surface area contributed by atoms with Gasteiger partial charge < -0.3 is 9.30 Å². The van der Waals surface area contributed by atoms with Crippen molar-refractivity contribution in [3.63, 3.8) is 0 Å². The number of hydrazone groups is 1. The van der Waals surface area contributed by atoms with Gasteiger partial charge in [-0.1, -0.05) is 30.3 Å². The molecule has 0 aliphatic rings. The van der Waals surface area contributed by atoms with E-state index in [2.05, 4.69) is 41.1 Å². The average Bonchev–Trinajstić information content (AvgIpc) is 3.13. The highest BCUT2D eigenvalue weighted by atomic mass is 16.5. The molecule has 5 heteroatoms. The van der Waals surface area contributed by atoms with E-state index in [1.165, 1.54) is 0 Å². The molecule has 0 saturated heterocycles. The molecule has 31 heavy (non-hydrogen) atoms. The number of carbonyl (C=O) groups is 1. The van der Waals surface area contributed by atoms with Gasteiger partial charge in [0.15, 0.2) is 0 Å². The van der Waals surface area contributed by atoms with E-state index < -0.39 is 0 Å². The van der Waals surface area contributed by atoms with Crippen LogP contribution in [0.4, 0.5) is 0 Å². The maximum atomic E-state index is 12.4. The number of nitrogens with one attached hydrogen (secondary N) is 1. The molecular weight excluding hydrogens is 386 g/mol. The summed E-state index contributed by atoms with van der Waals surface area (Å²) in [5, 5.41) is 4.08. The Morgan fingerprint density at radius 3 is 2.23 bits per heavy atom. The molecule has 4 rings (SSSR count). The molecule has 0 aliphatic heterocycles. The number of aryl methyl sites for hydroxylation is 2. The van der Waals surface area contributed by atoms with Crippen LogP contribution in [0.2, 0.25) is 0 Å². The Morgan fingerprint density at radius 1 is 0.839 bits per heavy atom. The summed E-state index contributed by atoms with van der Waals surface area (Å²) in [5.41, 5.74) is 7.27. The Kier molecular flexibility index (Phi) is 5.94. The van der Waals surface area contributed by atoms with Crippen molar-refractivity contribution in [2.45, 2.75) is 13.8 Å². The van der Waals surface area contributed by atoms with Crippen molar-refractivity contribution in [3.8, 4) is 17.2 Å². The third-order valence-corrected chi connectivity index (χ3v) is 4.88. The summed E-state index contributed by atoms with van der Waals surface area (Å²) in [4.78, 5) is 12.4. The predicted octanol–water partition coefficient (Wildman–Crippen LogP) is 5.65. The van der Waals surface area contributed by atoms with E-state index in [-0.39, 0.29) is 5.91 Å². The smallest absolute Gasteiger partial charge is 0.271 e. The second-order valence-electron chi connectivity index (χ2n) is 7.19. The molecular formula is C26H23N3O2. The van der Waals surface area contributed by atoms with E-state index in [4.69, 9.17) is 4.74 Å². The van der Waals surface area contributed by atoms with Crippen LogP contribution in [0.3, 0.4) is 0 Å². The standard InChI is InChI=1S/C26H23N3O2/c1-19-11-12-20(2)29(19)23-15-13-22(14-16-23)26(30)28-27-18-21-7-6-10-25(17-21)31-24-8-4-3-5-9-24/h3-18H,1-2H3,(H,28,30). The van der Waals surface area contributed by atoms with Crippen molar-refractivity contribution in [3.05, 3.63) is 114 Å². The maximum Gasteiger partial charge on any atom is 0.271 e. The molecule has 4 aromatic rings. The van der Waals surface area contributed by atoms with Gasteiger partial charge in [0.1, 0.15) is 11.5 Å². The lowest BCUT2D eigenvalue weighted by Gasteiger charge is -2.10. The Morgan fingerprint density at radius 2 is 1.52 bits per heavy atom. The summed E-state index contributed by atoms with van der Waals surface area (Å²) in [5.74, 6) is 1.20. The second-order valence-corrected chi connectivity index (χ2v) is 7.19. The number of rotatable bonds is 6. The Hall–Kier alpha value is -4.12. The number of hydrogen-bond acceptors (Lipinski definition) is 3. The molecule has 1 N–H and O–H groups in total. The van der Waals surface area contributed by atoms with Crippen molar-refractivity contribution < 1.29 is 9.53 Å². The quantitative estimate of drug-likeness (QED) is 0.330. The monoisotopic (exact) mass is 409 g/mol. The molecule has 1 amide bonds. The minimum Gasteiger partial charge on any atom is -0.457 e. The SMILES string of the molecule is Cc1ccc(C)n1-c1ccc(C(=O)NN=Cc2cccc(Oc3ccccc3)c2)cc1. The molecule has 0 aliphatic carbocycles. The summed E-state index contributed by atoms with van der Waals surface area (Å²) < 4.78 is 7.97. The third kappa shape index (κ3) is 4.90. The second kappa shape index (κ2) is 9.13. The molecule has 0 atom stereocenters. The Balaban J connectivity index is 1.39. The van der Waals surface area contributed by atoms with Gasteiger partial charge in [-0.3, -0.25) is 4.79 Å². The minimum absolute atomic E-state index is 0.263. The van der Waals surface area contributed by atoms with Crippen LogP contribution in [0.1, 0.15) is 27.3 Å². The van der Waals surface area contributed by atoms with Crippen LogP contribution >= 0.6 is 0 Å². The Labute approximate surface area is 181 Å². The van der Waals surface area contributed by atoms with Crippen LogP contribution in [0.15, 0.2) is 96.1 Å². The van der Waals surface area contributed by atoms with E-state index in [0.717, 1.165) is 28.4 Å². The van der Waals surface area contributed by atoms with Crippen LogP contribution < -0.4 is 10.2 Å². The lowest BCUT2D eigenvalue weighted by molar-refractivity contribution is 0.0955.